The predicted octanol–water partition coefficient (Wildman–Crippen LogP) is 2.30. The van der Waals surface area contributed by atoms with Crippen LogP contribution in [0.25, 0.3) is 16.7 Å². The third-order valence-electron chi connectivity index (χ3n) is 4.48. The van der Waals surface area contributed by atoms with E-state index in [2.05, 4.69) is 15.1 Å². The summed E-state index contributed by atoms with van der Waals surface area (Å²) >= 11 is 0. The third kappa shape index (κ3) is 2.24. The van der Waals surface area contributed by atoms with Crippen molar-refractivity contribution < 1.29 is 9.50 Å². The second kappa shape index (κ2) is 4.99. The number of aliphatic hydroxyl groups is 1. The lowest BCUT2D eigenvalue weighted by Gasteiger charge is -2.23. The molecule has 2 aromatic heterocycles. The van der Waals surface area contributed by atoms with Gasteiger partial charge in [0, 0.05) is 12.3 Å². The van der Waals surface area contributed by atoms with Gasteiger partial charge in [0.2, 0.25) is 5.95 Å². The topological polar surface area (TPSA) is 89.8 Å². The fourth-order valence-corrected chi connectivity index (χ4v) is 3.27. The molecule has 6 nitrogen and oxygen atoms in total. The molecule has 0 unspecified atom stereocenters. The Morgan fingerprint density at radius 3 is 2.78 bits per heavy atom. The number of aromatic nitrogens is 4. The van der Waals surface area contributed by atoms with Crippen LogP contribution < -0.4 is 5.73 Å². The van der Waals surface area contributed by atoms with Crippen LogP contribution >= 0.6 is 0 Å². The molecule has 1 fully saturated rings. The highest BCUT2D eigenvalue weighted by Gasteiger charge is 2.34. The van der Waals surface area contributed by atoms with E-state index in [4.69, 9.17) is 5.73 Å². The summed E-state index contributed by atoms with van der Waals surface area (Å²) in [6.45, 7) is 0. The van der Waals surface area contributed by atoms with E-state index in [1.165, 1.54) is 23.1 Å². The molecule has 3 N–H and O–H groups in total. The van der Waals surface area contributed by atoms with Crippen molar-refractivity contribution in [3.8, 4) is 5.82 Å². The summed E-state index contributed by atoms with van der Waals surface area (Å²) in [6, 6.07) is 4.85. The number of hydrogen-bond acceptors (Lipinski definition) is 5. The zero-order chi connectivity index (χ0) is 16.0. The van der Waals surface area contributed by atoms with Gasteiger partial charge in [0.15, 0.2) is 5.82 Å². The molecule has 1 saturated carbocycles. The molecule has 23 heavy (non-hydrogen) atoms. The van der Waals surface area contributed by atoms with Crippen molar-refractivity contribution in [3.05, 3.63) is 42.0 Å². The molecule has 0 spiro atoms. The first-order valence-corrected chi connectivity index (χ1v) is 7.56. The van der Waals surface area contributed by atoms with Gasteiger partial charge in [0.1, 0.15) is 5.82 Å². The van der Waals surface area contributed by atoms with Gasteiger partial charge in [-0.2, -0.15) is 10.1 Å². The van der Waals surface area contributed by atoms with Gasteiger partial charge in [-0.3, -0.25) is 0 Å². The van der Waals surface area contributed by atoms with Crippen molar-refractivity contribution in [2.24, 2.45) is 0 Å². The first-order valence-electron chi connectivity index (χ1n) is 7.56. The minimum absolute atomic E-state index is 0.122. The maximum Gasteiger partial charge on any atom is 0.221 e. The summed E-state index contributed by atoms with van der Waals surface area (Å²) in [5, 5.41) is 15.3. The molecule has 7 heteroatoms. The SMILES string of the molecule is Nc1nccc(-n2ncc3c(F)cc(C4(O)CCCC4)cc32)n1. The van der Waals surface area contributed by atoms with Gasteiger partial charge in [-0.15, -0.1) is 0 Å². The fraction of sp³-hybridized carbons (Fsp3) is 0.312. The molecule has 4 rings (SSSR count). The minimum Gasteiger partial charge on any atom is -0.385 e. The lowest BCUT2D eigenvalue weighted by Crippen LogP contribution is -2.21. The highest BCUT2D eigenvalue weighted by Crippen LogP contribution is 2.40. The van der Waals surface area contributed by atoms with Gasteiger partial charge in [0.25, 0.3) is 0 Å². The van der Waals surface area contributed by atoms with Crippen molar-refractivity contribution in [1.82, 2.24) is 19.7 Å². The lowest BCUT2D eigenvalue weighted by molar-refractivity contribution is 0.0443. The Morgan fingerprint density at radius 2 is 2.04 bits per heavy atom. The van der Waals surface area contributed by atoms with Crippen LogP contribution in [0, 0.1) is 5.82 Å². The molecule has 0 aliphatic heterocycles. The predicted molar refractivity (Wildman–Crippen MR) is 83.4 cm³/mol. The second-order valence-electron chi connectivity index (χ2n) is 5.96. The van der Waals surface area contributed by atoms with E-state index in [0.717, 1.165) is 12.8 Å². The number of fused-ring (bicyclic) bond motifs is 1. The Morgan fingerprint density at radius 1 is 1.26 bits per heavy atom. The zero-order valence-electron chi connectivity index (χ0n) is 12.4. The average molecular weight is 313 g/mol. The molecule has 0 saturated heterocycles. The van der Waals surface area contributed by atoms with Crippen LogP contribution in [0.1, 0.15) is 31.2 Å². The lowest BCUT2D eigenvalue weighted by atomic mass is 9.91. The van der Waals surface area contributed by atoms with Crippen molar-refractivity contribution in [2.75, 3.05) is 5.73 Å². The van der Waals surface area contributed by atoms with Gasteiger partial charge in [-0.1, -0.05) is 12.8 Å². The molecule has 0 amide bonds. The molecule has 1 aliphatic rings. The van der Waals surface area contributed by atoms with Gasteiger partial charge in [-0.05, 0) is 30.5 Å². The van der Waals surface area contributed by atoms with Gasteiger partial charge in [0.05, 0.1) is 22.7 Å². The standard InChI is InChI=1S/C16H16FN5O/c17-12-7-10(16(23)4-1-2-5-16)8-13-11(12)9-20-22(13)14-3-6-19-15(18)21-14/h3,6-9,23H,1-2,4-5H2,(H2,18,19,21). The number of halogens is 1. The number of nitrogen functional groups attached to an aromatic ring is 1. The number of benzene rings is 1. The largest absolute Gasteiger partial charge is 0.385 e. The molecule has 0 bridgehead atoms. The van der Waals surface area contributed by atoms with Gasteiger partial charge < -0.3 is 10.8 Å². The summed E-state index contributed by atoms with van der Waals surface area (Å²) in [5.41, 5.74) is 5.79. The first-order chi connectivity index (χ1) is 11.1. The van der Waals surface area contributed by atoms with Crippen LogP contribution in [0.5, 0.6) is 0 Å². The number of nitrogens with zero attached hydrogens (tertiary/aromatic N) is 4. The smallest absolute Gasteiger partial charge is 0.221 e. The third-order valence-corrected chi connectivity index (χ3v) is 4.48. The van der Waals surface area contributed by atoms with E-state index in [-0.39, 0.29) is 5.95 Å². The number of anilines is 1. The van der Waals surface area contributed by atoms with Crippen molar-refractivity contribution >= 4 is 16.9 Å². The van der Waals surface area contributed by atoms with Gasteiger partial charge in [-0.25, -0.2) is 14.1 Å². The Bertz CT molecular complexity index is 885. The van der Waals surface area contributed by atoms with E-state index in [1.807, 2.05) is 0 Å². The van der Waals surface area contributed by atoms with Crippen LogP contribution in [-0.4, -0.2) is 24.9 Å². The summed E-state index contributed by atoms with van der Waals surface area (Å²) in [5.74, 6) is 0.186. The highest BCUT2D eigenvalue weighted by molar-refractivity contribution is 5.81. The van der Waals surface area contributed by atoms with E-state index in [0.29, 0.717) is 35.1 Å². The molecule has 2 heterocycles. The number of rotatable bonds is 2. The maximum atomic E-state index is 14.5. The molecule has 118 valence electrons. The van der Waals surface area contributed by atoms with E-state index >= 15 is 0 Å². The van der Waals surface area contributed by atoms with Gasteiger partial charge >= 0.3 is 0 Å². The second-order valence-corrected chi connectivity index (χ2v) is 5.96. The maximum absolute atomic E-state index is 14.5. The zero-order valence-corrected chi connectivity index (χ0v) is 12.4. The van der Waals surface area contributed by atoms with E-state index in [1.54, 1.807) is 12.1 Å². The minimum atomic E-state index is -0.963. The molecule has 3 aromatic rings. The quantitative estimate of drug-likeness (QED) is 0.757. The Hall–Kier alpha value is -2.54. The van der Waals surface area contributed by atoms with E-state index < -0.39 is 11.4 Å². The molecule has 1 aliphatic carbocycles. The van der Waals surface area contributed by atoms with Crippen LogP contribution in [0.15, 0.2) is 30.6 Å². The highest BCUT2D eigenvalue weighted by atomic mass is 19.1. The monoisotopic (exact) mass is 313 g/mol. The molecule has 0 radical (unpaired) electrons. The Labute approximate surface area is 131 Å². The van der Waals surface area contributed by atoms with Crippen molar-refractivity contribution in [1.29, 1.82) is 0 Å². The molecular formula is C16H16FN5O. The molecular weight excluding hydrogens is 297 g/mol. The normalized spacial score (nSPS) is 17.0. The summed E-state index contributed by atoms with van der Waals surface area (Å²) in [7, 11) is 0. The van der Waals surface area contributed by atoms with E-state index in [9.17, 15) is 9.50 Å². The molecule has 1 aromatic carbocycles. The summed E-state index contributed by atoms with van der Waals surface area (Å²) in [6.07, 6.45) is 6.15. The van der Waals surface area contributed by atoms with Crippen LogP contribution in [0.4, 0.5) is 10.3 Å². The Balaban J connectivity index is 1.92. The van der Waals surface area contributed by atoms with Crippen LogP contribution in [-0.2, 0) is 5.60 Å². The van der Waals surface area contributed by atoms with Crippen LogP contribution in [0.3, 0.4) is 0 Å². The van der Waals surface area contributed by atoms with Crippen molar-refractivity contribution in [2.45, 2.75) is 31.3 Å². The number of nitrogens with two attached hydrogens (primary N) is 1. The Kier molecular flexibility index (Phi) is 3.05. The molecule has 0 atom stereocenters. The van der Waals surface area contributed by atoms with Crippen molar-refractivity contribution in [3.63, 3.8) is 0 Å². The first kappa shape index (κ1) is 14.1. The van der Waals surface area contributed by atoms with Crippen LogP contribution in [0.2, 0.25) is 0 Å². The summed E-state index contributed by atoms with van der Waals surface area (Å²) in [4.78, 5) is 7.97. The summed E-state index contributed by atoms with van der Waals surface area (Å²) < 4.78 is 16.0. The fourth-order valence-electron chi connectivity index (χ4n) is 3.27. The average Bonchev–Trinajstić information content (AvgIpc) is 3.14. The number of hydrogen-bond donors (Lipinski definition) is 2.